The van der Waals surface area contributed by atoms with Gasteiger partial charge in [-0.25, -0.2) is 8.42 Å². The minimum Gasteiger partial charge on any atom is -0.486 e. The Morgan fingerprint density at radius 2 is 2.00 bits per heavy atom. The molecule has 0 spiro atoms. The number of nitrogens with zero attached hydrogens (tertiary/aromatic N) is 1. The topological polar surface area (TPSA) is 84.9 Å². The van der Waals surface area contributed by atoms with Gasteiger partial charge in [-0.2, -0.15) is 4.31 Å². The Hall–Kier alpha value is -2.10. The van der Waals surface area contributed by atoms with Crippen LogP contribution in [0.15, 0.2) is 39.9 Å². The van der Waals surface area contributed by atoms with Crippen molar-refractivity contribution in [2.45, 2.75) is 17.2 Å². The van der Waals surface area contributed by atoms with Gasteiger partial charge in [-0.1, -0.05) is 12.1 Å². The first-order chi connectivity index (χ1) is 12.4. The second kappa shape index (κ2) is 7.65. The van der Waals surface area contributed by atoms with Gasteiger partial charge in [-0.3, -0.25) is 4.79 Å². The lowest BCUT2D eigenvalue weighted by molar-refractivity contribution is -0.121. The van der Waals surface area contributed by atoms with Crippen LogP contribution in [-0.4, -0.2) is 45.4 Å². The number of benzene rings is 1. The Labute approximate surface area is 156 Å². The zero-order valence-electron chi connectivity index (χ0n) is 14.5. The Morgan fingerprint density at radius 3 is 2.69 bits per heavy atom. The monoisotopic (exact) mass is 396 g/mol. The normalized spacial score (nSPS) is 14.9. The molecule has 1 amide bonds. The highest BCUT2D eigenvalue weighted by Crippen LogP contribution is 2.32. The first-order valence-electron chi connectivity index (χ1n) is 8.06. The highest BCUT2D eigenvalue weighted by Gasteiger charge is 2.24. The average molecular weight is 396 g/mol. The third kappa shape index (κ3) is 4.00. The minimum absolute atomic E-state index is 0.215. The molecule has 2 aromatic rings. The summed E-state index contributed by atoms with van der Waals surface area (Å²) in [4.78, 5) is 12.3. The van der Waals surface area contributed by atoms with E-state index in [1.807, 2.05) is 19.1 Å². The molecule has 9 heteroatoms. The van der Waals surface area contributed by atoms with Crippen LogP contribution in [0.4, 0.5) is 0 Å². The summed E-state index contributed by atoms with van der Waals surface area (Å²) in [6, 6.07) is 8.37. The maximum Gasteiger partial charge on any atom is 0.252 e. The lowest BCUT2D eigenvalue weighted by atomic mass is 10.1. The van der Waals surface area contributed by atoms with Crippen LogP contribution >= 0.6 is 11.3 Å². The van der Waals surface area contributed by atoms with E-state index in [4.69, 9.17) is 9.47 Å². The fraction of sp³-hybridized carbons (Fsp3) is 0.353. The molecule has 0 saturated heterocycles. The summed E-state index contributed by atoms with van der Waals surface area (Å²) in [7, 11) is -2.26. The molecule has 1 N–H and O–H groups in total. The third-order valence-electron chi connectivity index (χ3n) is 3.97. The fourth-order valence-corrected chi connectivity index (χ4v) is 4.88. The minimum atomic E-state index is -3.65. The first-order valence-corrected chi connectivity index (χ1v) is 10.4. The van der Waals surface area contributed by atoms with Crippen LogP contribution in [0.1, 0.15) is 18.5 Å². The number of hydrogen-bond acceptors (Lipinski definition) is 6. The molecular formula is C17H20N2O5S2. The van der Waals surface area contributed by atoms with Crippen molar-refractivity contribution in [2.75, 3.05) is 26.8 Å². The van der Waals surface area contributed by atoms with E-state index in [1.54, 1.807) is 17.5 Å². The van der Waals surface area contributed by atoms with Gasteiger partial charge in [0.15, 0.2) is 11.5 Å². The van der Waals surface area contributed by atoms with Crippen molar-refractivity contribution in [3.63, 3.8) is 0 Å². The predicted octanol–water partition coefficient (Wildman–Crippen LogP) is 2.02. The molecule has 7 nitrogen and oxygen atoms in total. The molecule has 0 radical (unpaired) electrons. The standard InChI is InChI=1S/C17H20N2O5S2/c1-12(13-5-6-14-15(10-13)24-8-7-23-14)18-16(20)11-19(2)26(21,22)17-4-3-9-25-17/h3-6,9-10,12H,7-8,11H2,1-2H3,(H,18,20). The number of carbonyl (C=O) groups is 1. The van der Waals surface area contributed by atoms with Gasteiger partial charge in [-0.05, 0) is 36.1 Å². The number of hydrogen-bond donors (Lipinski definition) is 1. The van der Waals surface area contributed by atoms with Crippen LogP contribution in [-0.2, 0) is 14.8 Å². The molecule has 1 aliphatic rings. The SMILES string of the molecule is CC(NC(=O)CN(C)S(=O)(=O)c1cccs1)c1ccc2c(c1)OCCO2. The second-order valence-electron chi connectivity index (χ2n) is 5.89. The van der Waals surface area contributed by atoms with Crippen LogP contribution in [0.25, 0.3) is 0 Å². The molecule has 3 rings (SSSR count). The number of amides is 1. The van der Waals surface area contributed by atoms with Gasteiger partial charge in [0.2, 0.25) is 5.91 Å². The quantitative estimate of drug-likeness (QED) is 0.807. The molecule has 2 heterocycles. The van der Waals surface area contributed by atoms with E-state index >= 15 is 0 Å². The molecule has 0 aliphatic carbocycles. The molecule has 1 aliphatic heterocycles. The summed E-state index contributed by atoms with van der Waals surface area (Å²) in [5, 5.41) is 4.50. The molecule has 1 unspecified atom stereocenters. The number of carbonyl (C=O) groups excluding carboxylic acids is 1. The Kier molecular flexibility index (Phi) is 5.49. The summed E-state index contributed by atoms with van der Waals surface area (Å²) in [5.74, 6) is 0.947. The fourth-order valence-electron chi connectivity index (χ4n) is 2.55. The van der Waals surface area contributed by atoms with Gasteiger partial charge in [0, 0.05) is 7.05 Å². The first kappa shape index (κ1) is 18.7. The lowest BCUT2D eigenvalue weighted by Gasteiger charge is -2.22. The van der Waals surface area contributed by atoms with Crippen LogP contribution in [0, 0.1) is 0 Å². The molecule has 0 bridgehead atoms. The van der Waals surface area contributed by atoms with Crippen molar-refractivity contribution in [3.05, 3.63) is 41.3 Å². The van der Waals surface area contributed by atoms with E-state index < -0.39 is 10.0 Å². The van der Waals surface area contributed by atoms with Gasteiger partial charge in [0.25, 0.3) is 10.0 Å². The van der Waals surface area contributed by atoms with Crippen molar-refractivity contribution in [1.82, 2.24) is 9.62 Å². The third-order valence-corrected chi connectivity index (χ3v) is 7.15. The number of nitrogens with one attached hydrogen (secondary N) is 1. The highest BCUT2D eigenvalue weighted by atomic mass is 32.2. The largest absolute Gasteiger partial charge is 0.486 e. The summed E-state index contributed by atoms with van der Waals surface area (Å²) in [6.45, 7) is 2.58. The maximum absolute atomic E-state index is 12.4. The maximum atomic E-state index is 12.4. The van der Waals surface area contributed by atoms with Gasteiger partial charge in [0.05, 0.1) is 12.6 Å². The predicted molar refractivity (Wildman–Crippen MR) is 98.1 cm³/mol. The van der Waals surface area contributed by atoms with Gasteiger partial charge < -0.3 is 14.8 Å². The summed E-state index contributed by atoms with van der Waals surface area (Å²) in [5.41, 5.74) is 0.853. The van der Waals surface area contributed by atoms with Crippen molar-refractivity contribution in [1.29, 1.82) is 0 Å². The van der Waals surface area contributed by atoms with Gasteiger partial charge in [0.1, 0.15) is 17.4 Å². The van der Waals surface area contributed by atoms with E-state index in [-0.39, 0.29) is 22.7 Å². The molecule has 1 aromatic heterocycles. The van der Waals surface area contributed by atoms with E-state index in [0.29, 0.717) is 24.7 Å². The molecule has 1 atom stereocenters. The number of fused-ring (bicyclic) bond motifs is 1. The Bertz CT molecular complexity index is 881. The molecule has 0 saturated carbocycles. The average Bonchev–Trinajstić information content (AvgIpc) is 3.16. The molecule has 140 valence electrons. The molecular weight excluding hydrogens is 376 g/mol. The van der Waals surface area contributed by atoms with E-state index in [0.717, 1.165) is 21.2 Å². The van der Waals surface area contributed by atoms with Crippen LogP contribution < -0.4 is 14.8 Å². The van der Waals surface area contributed by atoms with Crippen LogP contribution in [0.5, 0.6) is 11.5 Å². The van der Waals surface area contributed by atoms with E-state index in [9.17, 15) is 13.2 Å². The number of rotatable bonds is 6. The summed E-state index contributed by atoms with van der Waals surface area (Å²) < 4.78 is 37.0. The van der Waals surface area contributed by atoms with Crippen LogP contribution in [0.2, 0.25) is 0 Å². The Morgan fingerprint density at radius 1 is 1.27 bits per heavy atom. The van der Waals surface area contributed by atoms with Crippen molar-refractivity contribution < 1.29 is 22.7 Å². The number of likely N-dealkylation sites (N-methyl/N-ethyl adjacent to an activating group) is 1. The van der Waals surface area contributed by atoms with E-state index in [2.05, 4.69) is 5.32 Å². The van der Waals surface area contributed by atoms with Gasteiger partial charge >= 0.3 is 0 Å². The van der Waals surface area contributed by atoms with E-state index in [1.165, 1.54) is 13.1 Å². The van der Waals surface area contributed by atoms with Crippen molar-refractivity contribution in [2.24, 2.45) is 0 Å². The summed E-state index contributed by atoms with van der Waals surface area (Å²) >= 11 is 1.12. The molecule has 26 heavy (non-hydrogen) atoms. The second-order valence-corrected chi connectivity index (χ2v) is 9.10. The zero-order chi connectivity index (χ0) is 18.7. The number of sulfonamides is 1. The number of thiophene rings is 1. The molecule has 0 fully saturated rings. The number of ether oxygens (including phenoxy) is 2. The zero-order valence-corrected chi connectivity index (χ0v) is 16.1. The van der Waals surface area contributed by atoms with Gasteiger partial charge in [-0.15, -0.1) is 11.3 Å². The molecule has 1 aromatic carbocycles. The Balaban J connectivity index is 1.62. The summed E-state index contributed by atoms with van der Waals surface area (Å²) in [6.07, 6.45) is 0. The smallest absolute Gasteiger partial charge is 0.252 e. The highest BCUT2D eigenvalue weighted by molar-refractivity contribution is 7.91. The van der Waals surface area contributed by atoms with Crippen molar-refractivity contribution >= 4 is 27.3 Å². The van der Waals surface area contributed by atoms with Crippen LogP contribution in [0.3, 0.4) is 0 Å². The van der Waals surface area contributed by atoms with Crippen molar-refractivity contribution in [3.8, 4) is 11.5 Å². The lowest BCUT2D eigenvalue weighted by Crippen LogP contribution is -2.39.